The number of hydrogen-bond acceptors (Lipinski definition) is 0. The number of benzene rings is 1. The van der Waals surface area contributed by atoms with Gasteiger partial charge in [-0.1, -0.05) is 29.3 Å². The summed E-state index contributed by atoms with van der Waals surface area (Å²) < 4.78 is 0. The fourth-order valence-electron chi connectivity index (χ4n) is 0.743. The van der Waals surface area contributed by atoms with E-state index in [0.717, 1.165) is 5.69 Å². The normalized spacial score (nSPS) is 9.90. The summed E-state index contributed by atoms with van der Waals surface area (Å²) >= 11 is 11.6. The van der Waals surface area contributed by atoms with E-state index in [1.165, 1.54) is 0 Å². The van der Waals surface area contributed by atoms with Crippen molar-refractivity contribution in [1.82, 2.24) is 0 Å². The molecule has 0 amide bonds. The first-order valence-corrected chi connectivity index (χ1v) is 3.74. The van der Waals surface area contributed by atoms with Crippen molar-refractivity contribution in [3.63, 3.8) is 0 Å². The second kappa shape index (κ2) is 3.24. The van der Waals surface area contributed by atoms with Crippen LogP contribution < -0.4 is 5.32 Å². The van der Waals surface area contributed by atoms with Crippen molar-refractivity contribution in [2.75, 3.05) is 7.05 Å². The van der Waals surface area contributed by atoms with Gasteiger partial charge in [-0.2, -0.15) is 0 Å². The minimum atomic E-state index is 0.609. The molecule has 0 heterocycles. The Morgan fingerprint density at radius 2 is 2.00 bits per heavy atom. The zero-order valence-electron chi connectivity index (χ0n) is 5.57. The highest BCUT2D eigenvalue weighted by Gasteiger charge is 2.03. The SMILES string of the molecule is C[NH2+]c1cccc(Cl)c1Cl. The molecule has 0 aliphatic heterocycles. The Bertz CT molecular complexity index is 235. The highest BCUT2D eigenvalue weighted by atomic mass is 35.5. The Balaban J connectivity index is 3.14. The quantitative estimate of drug-likeness (QED) is 0.630. The number of halogens is 2. The van der Waals surface area contributed by atoms with Gasteiger partial charge in [0.1, 0.15) is 10.7 Å². The van der Waals surface area contributed by atoms with Gasteiger partial charge in [0.05, 0.1) is 12.1 Å². The predicted molar refractivity (Wildman–Crippen MR) is 44.0 cm³/mol. The van der Waals surface area contributed by atoms with Gasteiger partial charge in [-0.25, -0.2) is 0 Å². The largest absolute Gasteiger partial charge is 0.315 e. The summed E-state index contributed by atoms with van der Waals surface area (Å²) in [6.45, 7) is 0. The fourth-order valence-corrected chi connectivity index (χ4v) is 1.16. The van der Waals surface area contributed by atoms with Crippen LogP contribution in [0.15, 0.2) is 18.2 Å². The molecule has 0 spiro atoms. The Labute approximate surface area is 70.0 Å². The molecule has 0 atom stereocenters. The average Bonchev–Trinajstić information content (AvgIpc) is 1.95. The van der Waals surface area contributed by atoms with E-state index in [1.807, 2.05) is 24.5 Å². The molecule has 0 radical (unpaired) electrons. The summed E-state index contributed by atoms with van der Waals surface area (Å²) in [4.78, 5) is 0. The van der Waals surface area contributed by atoms with Gasteiger partial charge < -0.3 is 5.32 Å². The van der Waals surface area contributed by atoms with E-state index < -0.39 is 0 Å². The average molecular weight is 177 g/mol. The lowest BCUT2D eigenvalue weighted by Crippen LogP contribution is -2.72. The van der Waals surface area contributed by atoms with Crippen LogP contribution >= 0.6 is 23.2 Å². The molecule has 0 bridgehead atoms. The summed E-state index contributed by atoms with van der Waals surface area (Å²) in [6, 6.07) is 5.58. The summed E-state index contributed by atoms with van der Waals surface area (Å²) in [5, 5.41) is 3.16. The molecule has 0 saturated heterocycles. The topological polar surface area (TPSA) is 16.6 Å². The summed E-state index contributed by atoms with van der Waals surface area (Å²) in [5.41, 5.74) is 0.981. The van der Waals surface area contributed by atoms with Gasteiger partial charge in [0.25, 0.3) is 0 Å². The molecule has 1 nitrogen and oxygen atoms in total. The standard InChI is InChI=1S/C7H7Cl2N/c1-10-6-4-2-3-5(8)7(6)9/h2-4,10H,1H3/p+1. The van der Waals surface area contributed by atoms with Gasteiger partial charge in [-0.05, 0) is 6.07 Å². The van der Waals surface area contributed by atoms with Crippen molar-refractivity contribution in [2.45, 2.75) is 0 Å². The smallest absolute Gasteiger partial charge is 0.149 e. The highest BCUT2D eigenvalue weighted by molar-refractivity contribution is 6.43. The van der Waals surface area contributed by atoms with Crippen molar-refractivity contribution in [2.24, 2.45) is 0 Å². The third kappa shape index (κ3) is 1.43. The lowest BCUT2D eigenvalue weighted by Gasteiger charge is -1.97. The molecular weight excluding hydrogens is 169 g/mol. The number of hydrogen-bond donors (Lipinski definition) is 1. The van der Waals surface area contributed by atoms with Crippen molar-refractivity contribution in [1.29, 1.82) is 0 Å². The van der Waals surface area contributed by atoms with Crippen molar-refractivity contribution >= 4 is 28.9 Å². The first kappa shape index (κ1) is 7.86. The Hall–Kier alpha value is -0.240. The van der Waals surface area contributed by atoms with E-state index in [9.17, 15) is 0 Å². The zero-order valence-corrected chi connectivity index (χ0v) is 7.08. The van der Waals surface area contributed by atoms with Crippen LogP contribution in [-0.4, -0.2) is 7.05 Å². The van der Waals surface area contributed by atoms with E-state index in [4.69, 9.17) is 23.2 Å². The Kier molecular flexibility index (Phi) is 2.55. The minimum Gasteiger partial charge on any atom is -0.315 e. The van der Waals surface area contributed by atoms with Gasteiger partial charge in [0.2, 0.25) is 0 Å². The second-order valence-corrected chi connectivity index (χ2v) is 2.72. The van der Waals surface area contributed by atoms with E-state index in [2.05, 4.69) is 0 Å². The van der Waals surface area contributed by atoms with Crippen LogP contribution in [0.5, 0.6) is 0 Å². The highest BCUT2D eigenvalue weighted by Crippen LogP contribution is 2.25. The minimum absolute atomic E-state index is 0.609. The van der Waals surface area contributed by atoms with Crippen LogP contribution in [0.3, 0.4) is 0 Å². The first-order valence-electron chi connectivity index (χ1n) is 2.99. The molecule has 1 aromatic carbocycles. The lowest BCUT2D eigenvalue weighted by atomic mass is 10.3. The zero-order chi connectivity index (χ0) is 7.56. The molecular formula is C7H8Cl2N+. The Morgan fingerprint density at radius 1 is 1.30 bits per heavy atom. The van der Waals surface area contributed by atoms with Crippen LogP contribution in [0.25, 0.3) is 0 Å². The molecule has 3 heteroatoms. The van der Waals surface area contributed by atoms with Crippen LogP contribution in [0, 0.1) is 0 Å². The molecule has 0 fully saturated rings. The lowest BCUT2D eigenvalue weighted by molar-refractivity contribution is -0.539. The number of nitrogens with two attached hydrogens (primary N) is 1. The van der Waals surface area contributed by atoms with E-state index in [0.29, 0.717) is 10.0 Å². The first-order chi connectivity index (χ1) is 4.75. The van der Waals surface area contributed by atoms with E-state index in [-0.39, 0.29) is 0 Å². The van der Waals surface area contributed by atoms with Gasteiger partial charge >= 0.3 is 0 Å². The number of quaternary nitrogens is 1. The third-order valence-electron chi connectivity index (χ3n) is 1.29. The van der Waals surface area contributed by atoms with Crippen molar-refractivity contribution in [3.05, 3.63) is 28.2 Å². The molecule has 1 aromatic rings. The molecule has 1 rings (SSSR count). The maximum Gasteiger partial charge on any atom is 0.149 e. The van der Waals surface area contributed by atoms with Gasteiger partial charge in [-0.15, -0.1) is 0 Å². The maximum atomic E-state index is 5.83. The second-order valence-electron chi connectivity index (χ2n) is 1.93. The Morgan fingerprint density at radius 3 is 2.50 bits per heavy atom. The maximum absolute atomic E-state index is 5.83. The van der Waals surface area contributed by atoms with Gasteiger partial charge in [-0.3, -0.25) is 0 Å². The molecule has 0 unspecified atom stereocenters. The monoisotopic (exact) mass is 176 g/mol. The number of rotatable bonds is 1. The molecule has 10 heavy (non-hydrogen) atoms. The summed E-state index contributed by atoms with van der Waals surface area (Å²) in [5.74, 6) is 0. The molecule has 0 aromatic heterocycles. The van der Waals surface area contributed by atoms with Crippen LogP contribution in [0.4, 0.5) is 5.69 Å². The molecule has 2 N–H and O–H groups in total. The van der Waals surface area contributed by atoms with Crippen LogP contribution in [-0.2, 0) is 0 Å². The molecule has 0 aliphatic rings. The molecule has 54 valence electrons. The van der Waals surface area contributed by atoms with Crippen LogP contribution in [0.2, 0.25) is 10.0 Å². The van der Waals surface area contributed by atoms with E-state index >= 15 is 0 Å². The fraction of sp³-hybridized carbons (Fsp3) is 0.143. The van der Waals surface area contributed by atoms with Gasteiger partial charge in [0, 0.05) is 6.07 Å². The van der Waals surface area contributed by atoms with E-state index in [1.54, 1.807) is 6.07 Å². The van der Waals surface area contributed by atoms with Crippen LogP contribution in [0.1, 0.15) is 0 Å². The molecule has 0 saturated carbocycles. The van der Waals surface area contributed by atoms with Crippen molar-refractivity contribution < 1.29 is 5.32 Å². The van der Waals surface area contributed by atoms with Crippen molar-refractivity contribution in [3.8, 4) is 0 Å². The summed E-state index contributed by atoms with van der Waals surface area (Å²) in [7, 11) is 1.93. The summed E-state index contributed by atoms with van der Waals surface area (Å²) in [6.07, 6.45) is 0. The molecule has 0 aliphatic carbocycles. The predicted octanol–water partition coefficient (Wildman–Crippen LogP) is 1.82. The van der Waals surface area contributed by atoms with Gasteiger partial charge in [0.15, 0.2) is 0 Å². The third-order valence-corrected chi connectivity index (χ3v) is 2.13.